The highest BCUT2D eigenvalue weighted by atomic mass is 16.5. The number of ether oxygens (including phenoxy) is 2. The van der Waals surface area contributed by atoms with Gasteiger partial charge in [-0.1, -0.05) is 73.0 Å². The maximum absolute atomic E-state index is 15.0. The molecule has 3 saturated carbocycles. The third kappa shape index (κ3) is 4.87. The minimum absolute atomic E-state index is 0.0421. The topological polar surface area (TPSA) is 146 Å². The highest BCUT2D eigenvalue weighted by Gasteiger charge is 2.74. The van der Waals surface area contributed by atoms with Crippen LogP contribution in [0.5, 0.6) is 0 Å². The molecule has 1 aliphatic heterocycles. The zero-order chi connectivity index (χ0) is 37.0. The van der Waals surface area contributed by atoms with E-state index >= 15 is 4.79 Å². The van der Waals surface area contributed by atoms with Crippen molar-refractivity contribution in [1.29, 1.82) is 0 Å². The van der Waals surface area contributed by atoms with Crippen molar-refractivity contribution in [3.05, 3.63) is 11.6 Å². The number of tetrazole rings is 1. The Labute approximate surface area is 299 Å². The summed E-state index contributed by atoms with van der Waals surface area (Å²) in [4.78, 5) is 32.4. The Kier molecular flexibility index (Phi) is 9.04. The van der Waals surface area contributed by atoms with Gasteiger partial charge in [-0.15, -0.1) is 5.10 Å². The Hall–Kier alpha value is -2.37. The fourth-order valence-corrected chi connectivity index (χ4v) is 12.3. The summed E-state index contributed by atoms with van der Waals surface area (Å²) in [5.41, 5.74) is 4.07. The van der Waals surface area contributed by atoms with E-state index in [9.17, 15) is 9.90 Å². The second-order valence-corrected chi connectivity index (χ2v) is 19.1. The smallest absolute Gasteiger partial charge is 0.308 e. The Balaban J connectivity index is 1.47. The molecule has 1 aromatic rings. The van der Waals surface area contributed by atoms with Crippen LogP contribution in [0.4, 0.5) is 5.95 Å². The van der Waals surface area contributed by atoms with Crippen LogP contribution in [0.25, 0.3) is 0 Å². The molecule has 2 heterocycles. The van der Waals surface area contributed by atoms with Crippen molar-refractivity contribution in [3.63, 3.8) is 0 Å². The number of likely N-dealkylation sites (N-methyl/N-ethyl adjacent to an activating group) is 1. The van der Waals surface area contributed by atoms with E-state index in [0.29, 0.717) is 38.1 Å². The molecule has 1 unspecified atom stereocenters. The summed E-state index contributed by atoms with van der Waals surface area (Å²) in [6.45, 7) is 23.4. The molecule has 3 N–H and O–H groups in total. The molecular formula is C39H64N6O5. The number of anilines is 1. The summed E-state index contributed by atoms with van der Waals surface area (Å²) in [7, 11) is 4.21. The van der Waals surface area contributed by atoms with Crippen LogP contribution in [-0.2, 0) is 19.1 Å². The van der Waals surface area contributed by atoms with E-state index in [4.69, 9.17) is 15.2 Å². The Morgan fingerprint density at radius 2 is 1.82 bits per heavy atom. The van der Waals surface area contributed by atoms with Crippen LogP contribution >= 0.6 is 0 Å². The highest BCUT2D eigenvalue weighted by Crippen LogP contribution is 2.74. The number of aromatic nitrogens is 4. The third-order valence-electron chi connectivity index (χ3n) is 16.5. The number of carbonyl (C=O) groups excluding carboxylic acids is 1. The summed E-state index contributed by atoms with van der Waals surface area (Å²) in [5.74, 6) is -0.518. The number of carbonyl (C=O) groups is 2. The number of allylic oxidation sites excluding steroid dienone is 1. The van der Waals surface area contributed by atoms with Gasteiger partial charge in [0.05, 0.1) is 31.8 Å². The predicted octanol–water partition coefficient (Wildman–Crippen LogP) is 5.93. The van der Waals surface area contributed by atoms with Crippen LogP contribution in [0.15, 0.2) is 11.6 Å². The number of ketones is 1. The second-order valence-electron chi connectivity index (χ2n) is 19.1. The molecule has 0 aromatic carbocycles. The van der Waals surface area contributed by atoms with Crippen molar-refractivity contribution >= 4 is 17.7 Å². The largest absolute Gasteiger partial charge is 0.481 e. The molecule has 11 heteroatoms. The number of carboxylic acid groups (broad SMARTS) is 1. The van der Waals surface area contributed by atoms with Crippen molar-refractivity contribution in [2.24, 2.45) is 62.6 Å². The molecule has 2 bridgehead atoms. The van der Waals surface area contributed by atoms with E-state index in [0.717, 1.165) is 31.3 Å². The van der Waals surface area contributed by atoms with Crippen LogP contribution in [0.1, 0.15) is 107 Å². The Morgan fingerprint density at radius 3 is 2.38 bits per heavy atom. The summed E-state index contributed by atoms with van der Waals surface area (Å²) in [6.07, 6.45) is 5.69. The summed E-state index contributed by atoms with van der Waals surface area (Å²) in [6, 6.07) is -0.285. The molecule has 4 aliphatic carbocycles. The van der Waals surface area contributed by atoms with Gasteiger partial charge in [-0.3, -0.25) is 9.59 Å². The van der Waals surface area contributed by atoms with Crippen LogP contribution in [-0.4, -0.2) is 87.5 Å². The first kappa shape index (κ1) is 37.4. The first-order valence-electron chi connectivity index (χ1n) is 19.1. The van der Waals surface area contributed by atoms with Gasteiger partial charge in [0.25, 0.3) is 5.95 Å². The number of fused-ring (bicyclic) bond motifs is 3. The number of hydrogen-bond acceptors (Lipinski definition) is 9. The summed E-state index contributed by atoms with van der Waals surface area (Å²) < 4.78 is 13.8. The van der Waals surface area contributed by atoms with Crippen molar-refractivity contribution in [3.8, 4) is 0 Å². The molecule has 6 rings (SSSR count). The molecule has 11 nitrogen and oxygen atoms in total. The molecule has 5 aliphatic rings. The van der Waals surface area contributed by atoms with E-state index in [-0.39, 0.29) is 47.2 Å². The van der Waals surface area contributed by atoms with Gasteiger partial charge in [0, 0.05) is 21.8 Å². The van der Waals surface area contributed by atoms with Crippen molar-refractivity contribution in [2.45, 2.75) is 119 Å². The van der Waals surface area contributed by atoms with Crippen LogP contribution in [0.2, 0.25) is 0 Å². The van der Waals surface area contributed by atoms with E-state index < -0.39 is 39.0 Å². The molecule has 4 fully saturated rings. The lowest BCUT2D eigenvalue weighted by Crippen LogP contribution is -2.70. The number of nitrogens with zero attached hydrogens (tertiary/aromatic N) is 5. The number of nitrogen functional groups attached to an aromatic ring is 1. The lowest BCUT2D eigenvalue weighted by Gasteiger charge is -2.70. The number of aliphatic carboxylic acids is 1. The molecule has 0 amide bonds. The molecule has 0 spiro atoms. The molecule has 280 valence electrons. The number of nitrogens with two attached hydrogens (primary N) is 1. The van der Waals surface area contributed by atoms with E-state index in [1.165, 1.54) is 0 Å². The number of hydrogen-bond donors (Lipinski definition) is 2. The first-order chi connectivity index (χ1) is 23.1. The van der Waals surface area contributed by atoms with E-state index in [2.05, 4.69) is 96.7 Å². The van der Waals surface area contributed by atoms with Crippen molar-refractivity contribution < 1.29 is 24.2 Å². The lowest BCUT2D eigenvalue weighted by atomic mass is 9.34. The first-order valence-corrected chi connectivity index (χ1v) is 19.1. The summed E-state index contributed by atoms with van der Waals surface area (Å²) in [5, 5.41) is 24.1. The van der Waals surface area contributed by atoms with Crippen molar-refractivity contribution in [1.82, 2.24) is 25.1 Å². The van der Waals surface area contributed by atoms with Crippen molar-refractivity contribution in [2.75, 3.05) is 39.6 Å². The predicted molar refractivity (Wildman–Crippen MR) is 192 cm³/mol. The van der Waals surface area contributed by atoms with Crippen LogP contribution < -0.4 is 5.73 Å². The van der Waals surface area contributed by atoms with Gasteiger partial charge in [0.15, 0.2) is 5.78 Å². The van der Waals surface area contributed by atoms with Gasteiger partial charge < -0.3 is 25.2 Å². The van der Waals surface area contributed by atoms with Gasteiger partial charge >= 0.3 is 5.97 Å². The molecule has 1 saturated heterocycles. The molecule has 12 atom stereocenters. The number of rotatable bonds is 9. The van der Waals surface area contributed by atoms with Crippen LogP contribution in [0.3, 0.4) is 0 Å². The quantitative estimate of drug-likeness (QED) is 0.319. The third-order valence-corrected chi connectivity index (χ3v) is 16.5. The zero-order valence-corrected chi connectivity index (χ0v) is 32.7. The van der Waals surface area contributed by atoms with E-state index in [1.54, 1.807) is 4.80 Å². The molecule has 50 heavy (non-hydrogen) atoms. The lowest BCUT2D eigenvalue weighted by molar-refractivity contribution is -0.254. The van der Waals surface area contributed by atoms with Gasteiger partial charge in [0.2, 0.25) is 0 Å². The van der Waals surface area contributed by atoms with Gasteiger partial charge in [0.1, 0.15) is 6.04 Å². The maximum atomic E-state index is 15.0. The monoisotopic (exact) mass is 696 g/mol. The number of carboxylic acids is 1. The van der Waals surface area contributed by atoms with Gasteiger partial charge in [-0.25, -0.2) is 0 Å². The second kappa shape index (κ2) is 12.1. The average molecular weight is 697 g/mol. The highest BCUT2D eigenvalue weighted by molar-refractivity contribution is 6.00. The standard InChI is InChI=1S/C39H64N6O5/c1-22(2)24(5)34(6)15-16-36(8)25-13-14-28-35(7)19-49-21-39(28,26(25)17-29(46)38(36,10)30(34)32(47)48)18-27(45-42-33(40)41-43-45)31(35)50-20-37(9,23(3)4)44(11)12/h17,22-25,27-28,30-31H,13-16,18-21H2,1-12H3,(H2,40,42)(H,47,48)/t24-,25+,27-,28+,30-,31+,34-,35?,36-,37-,38+,39+/m1/s1. The van der Waals surface area contributed by atoms with Crippen LogP contribution in [0, 0.1) is 62.6 Å². The Morgan fingerprint density at radius 1 is 1.14 bits per heavy atom. The Bertz CT molecular complexity index is 1530. The van der Waals surface area contributed by atoms with Gasteiger partial charge in [-0.05, 0) is 105 Å². The molecule has 0 radical (unpaired) electrons. The fraction of sp³-hybridized carbons (Fsp3) is 0.872. The molecule has 1 aromatic heterocycles. The normalized spacial score (nSPS) is 43.1. The maximum Gasteiger partial charge on any atom is 0.308 e. The van der Waals surface area contributed by atoms with E-state index in [1.807, 2.05) is 13.0 Å². The SMILES string of the molecule is CC(C)[C@@H](C)[C@@]1(C)CC[C@]2(C)[C@H]3CC[C@H]4C5(C)COC[C@@]4(C[C@@H](n4nnc(N)n4)[C@@H]5OC[C@](C)(C(C)C)N(C)C)C3=CC(=O)[C@@]2(C)[C@@H]1C(=O)O. The van der Waals surface area contributed by atoms with Gasteiger partial charge in [-0.2, -0.15) is 4.80 Å². The minimum Gasteiger partial charge on any atom is -0.481 e. The summed E-state index contributed by atoms with van der Waals surface area (Å²) >= 11 is 0. The molecular weight excluding hydrogens is 632 g/mol. The minimum atomic E-state index is -1.04. The zero-order valence-electron chi connectivity index (χ0n) is 32.7. The average Bonchev–Trinajstić information content (AvgIpc) is 3.46. The fourth-order valence-electron chi connectivity index (χ4n) is 12.3.